The summed E-state index contributed by atoms with van der Waals surface area (Å²) in [5.74, 6) is 0.654. The van der Waals surface area contributed by atoms with E-state index in [1.54, 1.807) is 18.0 Å². The molecule has 2 rings (SSSR count). The van der Waals surface area contributed by atoms with Crippen molar-refractivity contribution in [2.45, 2.75) is 39.2 Å². The molecule has 0 saturated carbocycles. The van der Waals surface area contributed by atoms with Crippen molar-refractivity contribution in [2.24, 2.45) is 0 Å². The fourth-order valence-corrected chi connectivity index (χ4v) is 2.16. The Morgan fingerprint density at radius 2 is 2.41 bits per heavy atom. The molecule has 1 aromatic rings. The fraction of sp³-hybridized carbons (Fsp3) is 0.538. The lowest BCUT2D eigenvalue weighted by Crippen LogP contribution is -2.12. The molecule has 0 bridgehead atoms. The SMILES string of the molecule is CCCn1ncc(OC)c1C(=O)C1=CCCC1. The molecule has 0 aliphatic heterocycles. The maximum atomic E-state index is 12.4. The van der Waals surface area contributed by atoms with Gasteiger partial charge >= 0.3 is 0 Å². The predicted molar refractivity (Wildman–Crippen MR) is 65.3 cm³/mol. The quantitative estimate of drug-likeness (QED) is 0.735. The van der Waals surface area contributed by atoms with Crippen LogP contribution in [0.3, 0.4) is 0 Å². The van der Waals surface area contributed by atoms with Crippen LogP contribution in [0.5, 0.6) is 5.75 Å². The molecule has 4 nitrogen and oxygen atoms in total. The standard InChI is InChI=1S/C13H18N2O2/c1-3-8-15-12(11(17-2)9-14-15)13(16)10-6-4-5-7-10/h6,9H,3-5,7-8H2,1-2H3. The first-order valence-corrected chi connectivity index (χ1v) is 6.11. The van der Waals surface area contributed by atoms with Crippen LogP contribution in [-0.4, -0.2) is 22.7 Å². The Bertz CT molecular complexity index is 446. The van der Waals surface area contributed by atoms with Crippen LogP contribution in [0, 0.1) is 0 Å². The number of aryl methyl sites for hydroxylation is 1. The van der Waals surface area contributed by atoms with E-state index in [1.165, 1.54) is 0 Å². The van der Waals surface area contributed by atoms with Crippen molar-refractivity contribution in [3.05, 3.63) is 23.5 Å². The summed E-state index contributed by atoms with van der Waals surface area (Å²) in [6.45, 7) is 2.81. The summed E-state index contributed by atoms with van der Waals surface area (Å²) in [6.07, 6.45) is 7.56. The second-order valence-corrected chi connectivity index (χ2v) is 4.24. The number of hydrogen-bond acceptors (Lipinski definition) is 3. The van der Waals surface area contributed by atoms with Gasteiger partial charge in [-0.05, 0) is 31.3 Å². The molecule has 0 amide bonds. The molecule has 92 valence electrons. The Kier molecular flexibility index (Phi) is 3.61. The number of rotatable bonds is 5. The number of hydrogen-bond donors (Lipinski definition) is 0. The van der Waals surface area contributed by atoms with Gasteiger partial charge in [-0.3, -0.25) is 9.48 Å². The maximum absolute atomic E-state index is 12.4. The van der Waals surface area contributed by atoms with Crippen LogP contribution in [0.2, 0.25) is 0 Å². The van der Waals surface area contributed by atoms with Crippen LogP contribution in [0.4, 0.5) is 0 Å². The van der Waals surface area contributed by atoms with Gasteiger partial charge in [-0.2, -0.15) is 5.10 Å². The van der Waals surface area contributed by atoms with Crippen molar-refractivity contribution in [3.63, 3.8) is 0 Å². The number of Topliss-reactive ketones (excluding diaryl/α,β-unsaturated/α-hetero) is 1. The summed E-state index contributed by atoms with van der Waals surface area (Å²) >= 11 is 0. The van der Waals surface area contributed by atoms with E-state index in [0.29, 0.717) is 11.4 Å². The molecule has 0 N–H and O–H groups in total. The Hall–Kier alpha value is -1.58. The van der Waals surface area contributed by atoms with Crippen molar-refractivity contribution in [1.29, 1.82) is 0 Å². The Morgan fingerprint density at radius 3 is 3.00 bits per heavy atom. The van der Waals surface area contributed by atoms with Crippen molar-refractivity contribution in [1.82, 2.24) is 9.78 Å². The van der Waals surface area contributed by atoms with Gasteiger partial charge in [0, 0.05) is 6.54 Å². The maximum Gasteiger partial charge on any atom is 0.210 e. The van der Waals surface area contributed by atoms with Gasteiger partial charge in [-0.15, -0.1) is 0 Å². The molecule has 0 unspecified atom stereocenters. The number of ether oxygens (including phenoxy) is 1. The molecule has 1 aliphatic rings. The van der Waals surface area contributed by atoms with Crippen molar-refractivity contribution in [2.75, 3.05) is 7.11 Å². The van der Waals surface area contributed by atoms with Gasteiger partial charge in [-0.1, -0.05) is 13.0 Å². The van der Waals surface area contributed by atoms with E-state index < -0.39 is 0 Å². The molecule has 1 aliphatic carbocycles. The van der Waals surface area contributed by atoms with Crippen LogP contribution in [0.1, 0.15) is 43.1 Å². The first kappa shape index (κ1) is 11.9. The van der Waals surface area contributed by atoms with Gasteiger partial charge in [0.25, 0.3) is 0 Å². The zero-order chi connectivity index (χ0) is 12.3. The average molecular weight is 234 g/mol. The molecule has 0 spiro atoms. The molecular formula is C13H18N2O2. The molecule has 0 fully saturated rings. The zero-order valence-corrected chi connectivity index (χ0v) is 10.4. The minimum atomic E-state index is 0.0744. The topological polar surface area (TPSA) is 44.1 Å². The molecule has 0 aromatic carbocycles. The minimum Gasteiger partial charge on any atom is -0.493 e. The first-order valence-electron chi connectivity index (χ1n) is 6.11. The zero-order valence-electron chi connectivity index (χ0n) is 10.4. The minimum absolute atomic E-state index is 0.0744. The van der Waals surface area contributed by atoms with E-state index >= 15 is 0 Å². The lowest BCUT2D eigenvalue weighted by molar-refractivity contribution is 0.101. The number of allylic oxidation sites excluding steroid dienone is 2. The predicted octanol–water partition coefficient (Wildman–Crippen LogP) is 2.59. The van der Waals surface area contributed by atoms with Gasteiger partial charge in [0.2, 0.25) is 5.78 Å². The molecular weight excluding hydrogens is 216 g/mol. The third-order valence-electron chi connectivity index (χ3n) is 3.01. The lowest BCUT2D eigenvalue weighted by atomic mass is 10.1. The number of carbonyl (C=O) groups is 1. The lowest BCUT2D eigenvalue weighted by Gasteiger charge is -2.07. The Morgan fingerprint density at radius 1 is 1.59 bits per heavy atom. The van der Waals surface area contributed by atoms with Crippen molar-refractivity contribution >= 4 is 5.78 Å². The third kappa shape index (κ3) is 2.25. The van der Waals surface area contributed by atoms with E-state index in [4.69, 9.17) is 4.74 Å². The van der Waals surface area contributed by atoms with Crippen LogP contribution < -0.4 is 4.74 Å². The highest BCUT2D eigenvalue weighted by Gasteiger charge is 2.23. The summed E-state index contributed by atoms with van der Waals surface area (Å²) in [5.41, 5.74) is 1.50. The van der Waals surface area contributed by atoms with Gasteiger partial charge < -0.3 is 4.74 Å². The molecule has 0 radical (unpaired) electrons. The summed E-state index contributed by atoms with van der Waals surface area (Å²) in [6, 6.07) is 0. The van der Waals surface area contributed by atoms with E-state index in [-0.39, 0.29) is 5.78 Å². The van der Waals surface area contributed by atoms with Crippen molar-refractivity contribution in [3.8, 4) is 5.75 Å². The fourth-order valence-electron chi connectivity index (χ4n) is 2.16. The Labute approximate surface area is 101 Å². The van der Waals surface area contributed by atoms with Crippen LogP contribution in [0.15, 0.2) is 17.8 Å². The molecule has 1 heterocycles. The summed E-state index contributed by atoms with van der Waals surface area (Å²) in [4.78, 5) is 12.4. The van der Waals surface area contributed by atoms with Gasteiger partial charge in [-0.25, -0.2) is 0 Å². The van der Waals surface area contributed by atoms with E-state index in [9.17, 15) is 4.79 Å². The van der Waals surface area contributed by atoms with E-state index in [1.807, 2.05) is 6.08 Å². The summed E-state index contributed by atoms with van der Waals surface area (Å²) in [7, 11) is 1.58. The molecule has 4 heteroatoms. The molecule has 0 atom stereocenters. The van der Waals surface area contributed by atoms with E-state index in [2.05, 4.69) is 12.0 Å². The molecule has 17 heavy (non-hydrogen) atoms. The molecule has 0 saturated heterocycles. The normalized spacial score (nSPS) is 14.8. The smallest absolute Gasteiger partial charge is 0.210 e. The Balaban J connectivity index is 2.34. The van der Waals surface area contributed by atoms with E-state index in [0.717, 1.165) is 37.8 Å². The summed E-state index contributed by atoms with van der Waals surface area (Å²) in [5, 5.41) is 4.21. The van der Waals surface area contributed by atoms with Gasteiger partial charge in [0.1, 0.15) is 0 Å². The van der Waals surface area contributed by atoms with Crippen LogP contribution in [0.25, 0.3) is 0 Å². The van der Waals surface area contributed by atoms with Gasteiger partial charge in [0.05, 0.1) is 13.3 Å². The largest absolute Gasteiger partial charge is 0.493 e. The number of nitrogens with zero attached hydrogens (tertiary/aromatic N) is 2. The highest BCUT2D eigenvalue weighted by atomic mass is 16.5. The third-order valence-corrected chi connectivity index (χ3v) is 3.01. The van der Waals surface area contributed by atoms with Gasteiger partial charge in [0.15, 0.2) is 11.4 Å². The average Bonchev–Trinajstić information content (AvgIpc) is 2.97. The number of ketones is 1. The first-order chi connectivity index (χ1) is 8.27. The second-order valence-electron chi connectivity index (χ2n) is 4.24. The monoisotopic (exact) mass is 234 g/mol. The highest BCUT2D eigenvalue weighted by molar-refractivity contribution is 6.09. The number of carbonyl (C=O) groups excluding carboxylic acids is 1. The number of aromatic nitrogens is 2. The molecule has 1 aromatic heterocycles. The van der Waals surface area contributed by atoms with Crippen LogP contribution >= 0.6 is 0 Å². The summed E-state index contributed by atoms with van der Waals surface area (Å²) < 4.78 is 6.97. The highest BCUT2D eigenvalue weighted by Crippen LogP contribution is 2.26. The second kappa shape index (κ2) is 5.17. The van der Waals surface area contributed by atoms with Crippen molar-refractivity contribution < 1.29 is 9.53 Å². The number of methoxy groups -OCH3 is 1. The van der Waals surface area contributed by atoms with Crippen LogP contribution in [-0.2, 0) is 6.54 Å².